The molecule has 0 aliphatic rings. The van der Waals surface area contributed by atoms with Crippen molar-refractivity contribution in [3.8, 4) is 0 Å². The van der Waals surface area contributed by atoms with Gasteiger partial charge in [0, 0.05) is 19.3 Å². The van der Waals surface area contributed by atoms with Gasteiger partial charge in [0.25, 0.3) is 0 Å². The highest BCUT2D eigenvalue weighted by molar-refractivity contribution is 5.71. The van der Waals surface area contributed by atoms with Crippen molar-refractivity contribution in [2.45, 2.75) is 386 Å². The number of carbonyl (C=O) groups is 3. The summed E-state index contributed by atoms with van der Waals surface area (Å²) in [6.07, 6.45) is 86.0. The van der Waals surface area contributed by atoms with E-state index in [9.17, 15) is 14.4 Å². The molecule has 0 bridgehead atoms. The highest BCUT2D eigenvalue weighted by atomic mass is 16.6. The van der Waals surface area contributed by atoms with Gasteiger partial charge in [-0.2, -0.15) is 0 Å². The molecular weight excluding hydrogens is 973 g/mol. The lowest BCUT2D eigenvalue weighted by molar-refractivity contribution is -0.167. The van der Waals surface area contributed by atoms with Crippen LogP contribution in [0.15, 0.2) is 48.6 Å². The summed E-state index contributed by atoms with van der Waals surface area (Å²) < 4.78 is 16.9. The van der Waals surface area contributed by atoms with Crippen molar-refractivity contribution in [3.05, 3.63) is 48.6 Å². The highest BCUT2D eigenvalue weighted by Crippen LogP contribution is 2.19. The number of esters is 3. The topological polar surface area (TPSA) is 78.9 Å². The Morgan fingerprint density at radius 1 is 0.266 bits per heavy atom. The smallest absolute Gasteiger partial charge is 0.306 e. The summed E-state index contributed by atoms with van der Waals surface area (Å²) in [5.74, 6) is -0.842. The van der Waals surface area contributed by atoms with Crippen molar-refractivity contribution < 1.29 is 28.6 Å². The van der Waals surface area contributed by atoms with Crippen LogP contribution in [0, 0.1) is 0 Å². The molecule has 0 aliphatic heterocycles. The Balaban J connectivity index is 4.04. The van der Waals surface area contributed by atoms with E-state index in [1.54, 1.807) is 0 Å². The molecule has 1 unspecified atom stereocenters. The maximum atomic E-state index is 12.9. The first-order chi connectivity index (χ1) is 39.0. The summed E-state index contributed by atoms with van der Waals surface area (Å²) in [5.41, 5.74) is 0. The minimum Gasteiger partial charge on any atom is -0.462 e. The number of unbranched alkanes of at least 4 members (excludes halogenated alkanes) is 46. The summed E-state index contributed by atoms with van der Waals surface area (Å²) in [7, 11) is 0. The van der Waals surface area contributed by atoms with Crippen LogP contribution in [-0.4, -0.2) is 37.2 Å². The molecule has 6 heteroatoms. The second-order valence-corrected chi connectivity index (χ2v) is 23.8. The van der Waals surface area contributed by atoms with Gasteiger partial charge in [0.15, 0.2) is 6.10 Å². The second-order valence-electron chi connectivity index (χ2n) is 23.8. The summed E-state index contributed by atoms with van der Waals surface area (Å²) in [4.78, 5) is 38.2. The molecule has 0 rings (SSSR count). The summed E-state index contributed by atoms with van der Waals surface area (Å²) in [6, 6.07) is 0. The van der Waals surface area contributed by atoms with Gasteiger partial charge in [-0.1, -0.05) is 352 Å². The van der Waals surface area contributed by atoms with Crippen molar-refractivity contribution in [1.29, 1.82) is 0 Å². The molecule has 0 spiro atoms. The van der Waals surface area contributed by atoms with Gasteiger partial charge >= 0.3 is 17.9 Å². The van der Waals surface area contributed by atoms with Gasteiger partial charge in [-0.15, -0.1) is 0 Å². The predicted octanol–water partition coefficient (Wildman–Crippen LogP) is 24.1. The van der Waals surface area contributed by atoms with Gasteiger partial charge in [-0.25, -0.2) is 0 Å². The normalized spacial score (nSPS) is 12.3. The Labute approximate surface area is 492 Å². The zero-order valence-electron chi connectivity index (χ0n) is 53.2. The fourth-order valence-electron chi connectivity index (χ4n) is 10.6. The molecule has 0 amide bonds. The van der Waals surface area contributed by atoms with Crippen LogP contribution in [0.5, 0.6) is 0 Å². The van der Waals surface area contributed by atoms with Gasteiger partial charge in [0.1, 0.15) is 13.2 Å². The van der Waals surface area contributed by atoms with Crippen LogP contribution in [0.2, 0.25) is 0 Å². The zero-order valence-corrected chi connectivity index (χ0v) is 53.2. The molecule has 1 atom stereocenters. The van der Waals surface area contributed by atoms with Crippen LogP contribution < -0.4 is 0 Å². The van der Waals surface area contributed by atoms with Crippen LogP contribution in [-0.2, 0) is 28.6 Å². The molecule has 0 aromatic rings. The molecule has 0 aromatic heterocycles. The van der Waals surface area contributed by atoms with E-state index >= 15 is 0 Å². The van der Waals surface area contributed by atoms with Crippen molar-refractivity contribution >= 4 is 17.9 Å². The lowest BCUT2D eigenvalue weighted by Gasteiger charge is -2.18. The molecule has 0 N–H and O–H groups in total. The van der Waals surface area contributed by atoms with Crippen LogP contribution in [0.25, 0.3) is 0 Å². The molecule has 6 nitrogen and oxygen atoms in total. The van der Waals surface area contributed by atoms with E-state index in [0.717, 1.165) is 83.5 Å². The van der Waals surface area contributed by atoms with Crippen molar-refractivity contribution in [2.24, 2.45) is 0 Å². The Hall–Kier alpha value is -2.63. The minimum absolute atomic E-state index is 0.0659. The lowest BCUT2D eigenvalue weighted by Crippen LogP contribution is -2.30. The number of carbonyl (C=O) groups excluding carboxylic acids is 3. The first-order valence-corrected chi connectivity index (χ1v) is 35.1. The number of hydrogen-bond donors (Lipinski definition) is 0. The van der Waals surface area contributed by atoms with Gasteiger partial charge in [0.05, 0.1) is 0 Å². The lowest BCUT2D eigenvalue weighted by atomic mass is 10.0. The molecule has 0 aliphatic carbocycles. The number of rotatable bonds is 65. The quantitative estimate of drug-likeness (QED) is 0.0261. The number of allylic oxidation sites excluding steroid dienone is 8. The fourth-order valence-corrected chi connectivity index (χ4v) is 10.6. The van der Waals surface area contributed by atoms with Gasteiger partial charge < -0.3 is 14.2 Å². The maximum Gasteiger partial charge on any atom is 0.306 e. The second kappa shape index (κ2) is 67.9. The monoisotopic (exact) mass is 1110 g/mol. The maximum absolute atomic E-state index is 12.9. The van der Waals surface area contributed by atoms with E-state index < -0.39 is 6.10 Å². The standard InChI is InChI=1S/C73H134O6/c1-4-7-10-13-16-19-21-23-25-27-29-31-33-34-35-36-37-38-39-40-41-43-44-46-48-50-52-54-57-60-63-66-72(75)78-69-70(68-77-71(74)65-62-59-56-18-15-12-9-6-3)79-73(76)67-64-61-58-55-53-51-49-47-45-42-32-30-28-26-24-22-20-17-14-11-8-5-2/h7,10,16,19,23,25,29,31,70H,4-6,8-9,11-15,17-18,20-22,24,26-28,30,32-69H2,1-3H3/b10-7-,19-16-,25-23-,31-29-. The zero-order chi connectivity index (χ0) is 57.1. The number of ether oxygens (including phenoxy) is 3. The molecule has 79 heavy (non-hydrogen) atoms. The summed E-state index contributed by atoms with van der Waals surface area (Å²) in [6.45, 7) is 6.57. The minimum atomic E-state index is -0.767. The fraction of sp³-hybridized carbons (Fsp3) is 0.849. The van der Waals surface area contributed by atoms with Crippen LogP contribution in [0.1, 0.15) is 380 Å². The van der Waals surface area contributed by atoms with Crippen molar-refractivity contribution in [3.63, 3.8) is 0 Å². The summed E-state index contributed by atoms with van der Waals surface area (Å²) >= 11 is 0. The number of hydrogen-bond acceptors (Lipinski definition) is 6. The highest BCUT2D eigenvalue weighted by Gasteiger charge is 2.19. The molecule has 0 saturated heterocycles. The largest absolute Gasteiger partial charge is 0.462 e. The Bertz CT molecular complexity index is 1360. The molecule has 0 aromatic carbocycles. The predicted molar refractivity (Wildman–Crippen MR) is 344 cm³/mol. The Kier molecular flexibility index (Phi) is 65.6. The van der Waals surface area contributed by atoms with Crippen molar-refractivity contribution in [1.82, 2.24) is 0 Å². The first kappa shape index (κ1) is 76.4. The molecule has 462 valence electrons. The SMILES string of the molecule is CC/C=C\C/C=C\C/C=C\C/C=C\CCCCCCCCCCCCCCCCCCCCC(=O)OCC(COC(=O)CCCCCCCCCC)OC(=O)CCCCCCCCCCCCCCCCCCCCCCCC. The van der Waals surface area contributed by atoms with E-state index in [1.165, 1.54) is 257 Å². The van der Waals surface area contributed by atoms with Crippen LogP contribution in [0.4, 0.5) is 0 Å². The van der Waals surface area contributed by atoms with Gasteiger partial charge in [-0.3, -0.25) is 14.4 Å². The van der Waals surface area contributed by atoms with Crippen LogP contribution in [0.3, 0.4) is 0 Å². The molecular formula is C73H134O6. The van der Waals surface area contributed by atoms with E-state index in [-0.39, 0.29) is 31.1 Å². The first-order valence-electron chi connectivity index (χ1n) is 35.1. The average molecular weight is 1110 g/mol. The Morgan fingerprint density at radius 2 is 0.494 bits per heavy atom. The molecule has 0 fully saturated rings. The van der Waals surface area contributed by atoms with E-state index in [1.807, 2.05) is 0 Å². The molecule has 0 saturated carbocycles. The summed E-state index contributed by atoms with van der Waals surface area (Å²) in [5, 5.41) is 0. The molecule has 0 radical (unpaired) electrons. The molecule has 0 heterocycles. The van der Waals surface area contributed by atoms with E-state index in [2.05, 4.69) is 69.4 Å². The third-order valence-corrected chi connectivity index (χ3v) is 15.8. The van der Waals surface area contributed by atoms with Gasteiger partial charge in [-0.05, 0) is 57.8 Å². The average Bonchev–Trinajstić information content (AvgIpc) is 3.45. The third-order valence-electron chi connectivity index (χ3n) is 15.8. The van der Waals surface area contributed by atoms with E-state index in [0.29, 0.717) is 19.3 Å². The third kappa shape index (κ3) is 66.1. The van der Waals surface area contributed by atoms with E-state index in [4.69, 9.17) is 14.2 Å². The van der Waals surface area contributed by atoms with Crippen molar-refractivity contribution in [2.75, 3.05) is 13.2 Å². The Morgan fingerprint density at radius 3 is 0.772 bits per heavy atom. The van der Waals surface area contributed by atoms with Crippen LogP contribution >= 0.6 is 0 Å². The van der Waals surface area contributed by atoms with Gasteiger partial charge in [0.2, 0.25) is 0 Å².